The molecule has 20 heavy (non-hydrogen) atoms. The third-order valence-corrected chi connectivity index (χ3v) is 3.36. The highest BCUT2D eigenvalue weighted by atomic mass is 79.9. The quantitative estimate of drug-likeness (QED) is 0.817. The summed E-state index contributed by atoms with van der Waals surface area (Å²) in [6.07, 6.45) is 0. The van der Waals surface area contributed by atoms with Crippen molar-refractivity contribution in [2.45, 2.75) is 20.4 Å². The van der Waals surface area contributed by atoms with Gasteiger partial charge in [-0.25, -0.2) is 0 Å². The molecule has 1 aromatic heterocycles. The zero-order valence-electron chi connectivity index (χ0n) is 11.3. The lowest BCUT2D eigenvalue weighted by Crippen LogP contribution is -2.19. The van der Waals surface area contributed by atoms with Gasteiger partial charge in [0.2, 0.25) is 5.89 Å². The van der Waals surface area contributed by atoms with Crippen molar-refractivity contribution < 1.29 is 4.42 Å². The fourth-order valence-electron chi connectivity index (χ4n) is 1.55. The number of nitrogens with zero attached hydrogens (tertiary/aromatic N) is 2. The van der Waals surface area contributed by atoms with Crippen LogP contribution in [0.2, 0.25) is 5.02 Å². The van der Waals surface area contributed by atoms with E-state index in [0.29, 0.717) is 29.4 Å². The lowest BCUT2D eigenvalue weighted by molar-refractivity contribution is 0.460. The molecule has 0 unspecified atom stereocenters. The molecule has 0 aliphatic carbocycles. The van der Waals surface area contributed by atoms with Gasteiger partial charge in [-0.05, 0) is 46.6 Å². The molecule has 2 aromatic rings. The zero-order valence-corrected chi connectivity index (χ0v) is 13.6. The van der Waals surface area contributed by atoms with Crippen molar-refractivity contribution in [1.29, 1.82) is 0 Å². The first-order valence-corrected chi connectivity index (χ1v) is 7.47. The summed E-state index contributed by atoms with van der Waals surface area (Å²) in [6, 6.07) is 5.78. The Morgan fingerprint density at radius 1 is 1.35 bits per heavy atom. The van der Waals surface area contributed by atoms with Crippen molar-refractivity contribution in [3.05, 3.63) is 33.6 Å². The fourth-order valence-corrected chi connectivity index (χ4v) is 2.33. The average molecular weight is 360 g/mol. The molecule has 7 heteroatoms. The van der Waals surface area contributed by atoms with Crippen molar-refractivity contribution in [2.75, 3.05) is 11.9 Å². The van der Waals surface area contributed by atoms with Gasteiger partial charge in [-0.3, -0.25) is 0 Å². The van der Waals surface area contributed by atoms with Crippen molar-refractivity contribution in [3.63, 3.8) is 0 Å². The van der Waals surface area contributed by atoms with Crippen LogP contribution in [0, 0.1) is 5.92 Å². The Morgan fingerprint density at radius 3 is 2.85 bits per heavy atom. The lowest BCUT2D eigenvalue weighted by atomic mass is 10.2. The Hall–Kier alpha value is -1.11. The van der Waals surface area contributed by atoms with Crippen LogP contribution in [0.25, 0.3) is 0 Å². The molecule has 0 amide bonds. The summed E-state index contributed by atoms with van der Waals surface area (Å²) in [5.41, 5.74) is 0.819. The van der Waals surface area contributed by atoms with Gasteiger partial charge in [0.15, 0.2) is 0 Å². The number of aromatic nitrogens is 2. The molecule has 2 N–H and O–H groups in total. The molecule has 0 saturated carbocycles. The first-order valence-electron chi connectivity index (χ1n) is 6.30. The summed E-state index contributed by atoms with van der Waals surface area (Å²) < 4.78 is 6.34. The Morgan fingerprint density at radius 2 is 2.15 bits per heavy atom. The number of rotatable bonds is 6. The Kier molecular flexibility index (Phi) is 5.39. The topological polar surface area (TPSA) is 63.0 Å². The highest BCUT2D eigenvalue weighted by molar-refractivity contribution is 9.10. The van der Waals surface area contributed by atoms with Crippen LogP contribution >= 0.6 is 27.5 Å². The summed E-state index contributed by atoms with van der Waals surface area (Å²) >= 11 is 9.31. The van der Waals surface area contributed by atoms with Gasteiger partial charge in [-0.15, -0.1) is 5.10 Å². The first-order chi connectivity index (χ1) is 9.54. The lowest BCUT2D eigenvalue weighted by Gasteiger charge is -2.05. The molecule has 1 aromatic carbocycles. The number of hydrogen-bond acceptors (Lipinski definition) is 5. The number of anilines is 2. The molecule has 1 heterocycles. The minimum Gasteiger partial charge on any atom is -0.406 e. The number of nitrogens with one attached hydrogen (secondary N) is 2. The van der Waals surface area contributed by atoms with Crippen LogP contribution in [0.1, 0.15) is 19.7 Å². The predicted octanol–water partition coefficient (Wildman–Crippen LogP) is 3.97. The Labute approximate surface area is 131 Å². The van der Waals surface area contributed by atoms with E-state index in [-0.39, 0.29) is 0 Å². The van der Waals surface area contributed by atoms with Gasteiger partial charge in [-0.1, -0.05) is 30.5 Å². The maximum absolute atomic E-state index is 5.89. The molecule has 0 atom stereocenters. The minimum absolute atomic E-state index is 0.356. The maximum Gasteiger partial charge on any atom is 0.320 e. The predicted molar refractivity (Wildman–Crippen MR) is 83.3 cm³/mol. The average Bonchev–Trinajstić information content (AvgIpc) is 2.80. The van der Waals surface area contributed by atoms with E-state index >= 15 is 0 Å². The van der Waals surface area contributed by atoms with Crippen LogP contribution in [0.15, 0.2) is 27.1 Å². The van der Waals surface area contributed by atoms with E-state index < -0.39 is 0 Å². The molecule has 0 fully saturated rings. The highest BCUT2D eigenvalue weighted by Crippen LogP contribution is 2.28. The molecule has 5 nitrogen and oxygen atoms in total. The van der Waals surface area contributed by atoms with Crippen LogP contribution in [0.5, 0.6) is 0 Å². The largest absolute Gasteiger partial charge is 0.406 e. The van der Waals surface area contributed by atoms with Crippen LogP contribution in [-0.4, -0.2) is 16.7 Å². The summed E-state index contributed by atoms with van der Waals surface area (Å²) in [7, 11) is 0. The Bertz CT molecular complexity index is 573. The van der Waals surface area contributed by atoms with Crippen LogP contribution in [-0.2, 0) is 6.54 Å². The summed E-state index contributed by atoms with van der Waals surface area (Å²) in [5.74, 6) is 1.14. The summed E-state index contributed by atoms with van der Waals surface area (Å²) in [4.78, 5) is 0. The van der Waals surface area contributed by atoms with Crippen LogP contribution in [0.4, 0.5) is 11.7 Å². The van der Waals surface area contributed by atoms with E-state index in [1.807, 2.05) is 6.07 Å². The molecule has 0 aliphatic rings. The van der Waals surface area contributed by atoms with Gasteiger partial charge in [-0.2, -0.15) is 0 Å². The molecule has 0 bridgehead atoms. The molecule has 0 radical (unpaired) electrons. The second-order valence-corrected chi connectivity index (χ2v) is 6.07. The van der Waals surface area contributed by atoms with E-state index in [1.54, 1.807) is 12.1 Å². The number of hydrogen-bond donors (Lipinski definition) is 2. The Balaban J connectivity index is 1.95. The number of benzene rings is 1. The third kappa shape index (κ3) is 4.47. The van der Waals surface area contributed by atoms with Gasteiger partial charge in [0.25, 0.3) is 0 Å². The van der Waals surface area contributed by atoms with Gasteiger partial charge in [0.05, 0.1) is 12.2 Å². The van der Waals surface area contributed by atoms with E-state index in [0.717, 1.165) is 16.7 Å². The van der Waals surface area contributed by atoms with E-state index in [1.165, 1.54) is 0 Å². The van der Waals surface area contributed by atoms with Crippen LogP contribution in [0.3, 0.4) is 0 Å². The minimum atomic E-state index is 0.356. The zero-order chi connectivity index (χ0) is 14.5. The van der Waals surface area contributed by atoms with Gasteiger partial charge in [0, 0.05) is 9.50 Å². The van der Waals surface area contributed by atoms with Gasteiger partial charge in [0.1, 0.15) is 0 Å². The molecule has 108 valence electrons. The summed E-state index contributed by atoms with van der Waals surface area (Å²) in [6.45, 7) is 5.76. The summed E-state index contributed by atoms with van der Waals surface area (Å²) in [5, 5.41) is 14.9. The standard InChI is InChI=1S/C13H16BrClN4O/c1-8(2)6-16-7-12-18-19-13(20-12)17-11-4-3-9(15)5-10(11)14/h3-5,8,16H,6-7H2,1-2H3,(H,17,19). The smallest absolute Gasteiger partial charge is 0.320 e. The molecular formula is C13H16BrClN4O. The number of halogens is 2. The van der Waals surface area contributed by atoms with Crippen molar-refractivity contribution in [3.8, 4) is 0 Å². The first kappa shape index (κ1) is 15.3. The van der Waals surface area contributed by atoms with Gasteiger partial charge < -0.3 is 15.1 Å². The monoisotopic (exact) mass is 358 g/mol. The van der Waals surface area contributed by atoms with Gasteiger partial charge >= 0.3 is 6.01 Å². The van der Waals surface area contributed by atoms with Crippen molar-refractivity contribution in [2.24, 2.45) is 5.92 Å². The van der Waals surface area contributed by atoms with Crippen LogP contribution < -0.4 is 10.6 Å². The normalized spacial score (nSPS) is 11.1. The third-order valence-electron chi connectivity index (χ3n) is 2.47. The highest BCUT2D eigenvalue weighted by Gasteiger charge is 2.08. The van der Waals surface area contributed by atoms with E-state index in [2.05, 4.69) is 50.6 Å². The molecular weight excluding hydrogens is 344 g/mol. The fraction of sp³-hybridized carbons (Fsp3) is 0.385. The molecule has 0 spiro atoms. The molecule has 0 aliphatic heterocycles. The SMILES string of the molecule is CC(C)CNCc1nnc(Nc2ccc(Cl)cc2Br)o1. The van der Waals surface area contributed by atoms with E-state index in [4.69, 9.17) is 16.0 Å². The van der Waals surface area contributed by atoms with Crippen molar-refractivity contribution in [1.82, 2.24) is 15.5 Å². The molecule has 0 saturated heterocycles. The maximum atomic E-state index is 5.89. The van der Waals surface area contributed by atoms with E-state index in [9.17, 15) is 0 Å². The second-order valence-electron chi connectivity index (χ2n) is 4.77. The molecule has 2 rings (SSSR count). The second kappa shape index (κ2) is 7.06. The van der Waals surface area contributed by atoms with Crippen molar-refractivity contribution >= 4 is 39.2 Å².